The van der Waals surface area contributed by atoms with Crippen LogP contribution in [-0.2, 0) is 11.4 Å². The Labute approximate surface area is 230 Å². The van der Waals surface area contributed by atoms with E-state index in [0.717, 1.165) is 40.2 Å². The highest BCUT2D eigenvalue weighted by molar-refractivity contribution is 8.26. The lowest BCUT2D eigenvalue weighted by Crippen LogP contribution is -2.28. The molecule has 0 radical (unpaired) electrons. The fraction of sp³-hybridized carbons (Fsp3) is 0.138. The highest BCUT2D eigenvalue weighted by atomic mass is 35.5. The minimum atomic E-state index is -0.0569. The van der Waals surface area contributed by atoms with E-state index in [9.17, 15) is 4.79 Å². The lowest BCUT2D eigenvalue weighted by molar-refractivity contribution is -0.122. The zero-order valence-electron chi connectivity index (χ0n) is 20.1. The first-order chi connectivity index (χ1) is 18.0. The maximum Gasteiger partial charge on any atom is 0.266 e. The molecule has 0 saturated carbocycles. The van der Waals surface area contributed by atoms with Gasteiger partial charge in [0.1, 0.15) is 16.7 Å². The predicted octanol–water partition coefficient (Wildman–Crippen LogP) is 7.38. The van der Waals surface area contributed by atoms with E-state index in [1.54, 1.807) is 4.90 Å². The number of carbonyl (C=O) groups excluding carboxylic acids is 1. The maximum atomic E-state index is 13.0. The molecule has 2 heterocycles. The molecule has 37 heavy (non-hydrogen) atoms. The summed E-state index contributed by atoms with van der Waals surface area (Å²) in [6.07, 6.45) is 4.68. The number of halogens is 1. The van der Waals surface area contributed by atoms with Crippen molar-refractivity contribution in [2.24, 2.45) is 0 Å². The maximum absolute atomic E-state index is 13.0. The van der Waals surface area contributed by atoms with Gasteiger partial charge in [0.2, 0.25) is 0 Å². The minimum Gasteiger partial charge on any atom is -0.489 e. The number of thiocarbonyl (C=S) groups is 1. The smallest absolute Gasteiger partial charge is 0.266 e. The molecule has 0 spiro atoms. The molecule has 0 N–H and O–H groups in total. The van der Waals surface area contributed by atoms with Crippen LogP contribution < -0.4 is 4.74 Å². The van der Waals surface area contributed by atoms with Gasteiger partial charge < -0.3 is 4.74 Å². The minimum absolute atomic E-state index is 0.0569. The van der Waals surface area contributed by atoms with Crippen LogP contribution in [-0.4, -0.2) is 31.5 Å². The standard InChI is InChI=1S/C29H24ClN3O2S2/c1-2-16-32-28(34)26(37-29(32)36)17-22-18-33(23-9-4-3-5-10-23)31-27(22)20-12-14-24(15-13-20)35-19-21-8-6-7-11-25(21)30/h3-15,17-18H,2,16,19H2,1H3. The molecule has 3 aromatic carbocycles. The van der Waals surface area contributed by atoms with Crippen LogP contribution in [0.1, 0.15) is 24.5 Å². The molecule has 5 nitrogen and oxygen atoms in total. The van der Waals surface area contributed by atoms with Gasteiger partial charge in [0.25, 0.3) is 5.91 Å². The summed E-state index contributed by atoms with van der Waals surface area (Å²) in [7, 11) is 0. The Morgan fingerprint density at radius 2 is 1.76 bits per heavy atom. The summed E-state index contributed by atoms with van der Waals surface area (Å²) >= 11 is 13.0. The Hall–Kier alpha value is -3.39. The summed E-state index contributed by atoms with van der Waals surface area (Å²) in [5.74, 6) is 0.673. The van der Waals surface area contributed by atoms with Crippen LogP contribution >= 0.6 is 35.6 Å². The molecule has 0 aliphatic carbocycles. The first-order valence-electron chi connectivity index (χ1n) is 11.9. The zero-order valence-corrected chi connectivity index (χ0v) is 22.5. The van der Waals surface area contributed by atoms with E-state index < -0.39 is 0 Å². The van der Waals surface area contributed by atoms with Gasteiger partial charge >= 0.3 is 0 Å². The lowest BCUT2D eigenvalue weighted by Gasteiger charge is -2.11. The van der Waals surface area contributed by atoms with Crippen molar-refractivity contribution in [3.63, 3.8) is 0 Å². The second-order valence-corrected chi connectivity index (χ2v) is 10.5. The van der Waals surface area contributed by atoms with Gasteiger partial charge in [-0.25, -0.2) is 4.68 Å². The highest BCUT2D eigenvalue weighted by Gasteiger charge is 2.31. The van der Waals surface area contributed by atoms with Crippen LogP contribution in [0, 0.1) is 0 Å². The summed E-state index contributed by atoms with van der Waals surface area (Å²) in [6, 6.07) is 25.3. The third-order valence-corrected chi connectivity index (χ3v) is 7.60. The van der Waals surface area contributed by atoms with Crippen molar-refractivity contribution in [1.82, 2.24) is 14.7 Å². The third kappa shape index (κ3) is 5.64. The number of hydrogen-bond acceptors (Lipinski definition) is 5. The van der Waals surface area contributed by atoms with Crippen LogP contribution in [0.3, 0.4) is 0 Å². The Balaban J connectivity index is 1.45. The van der Waals surface area contributed by atoms with Crippen molar-refractivity contribution in [1.29, 1.82) is 0 Å². The van der Waals surface area contributed by atoms with Gasteiger partial charge in [-0.05, 0) is 55.0 Å². The number of nitrogens with zero attached hydrogens (tertiary/aromatic N) is 3. The van der Waals surface area contributed by atoms with Crippen LogP contribution in [0.5, 0.6) is 5.75 Å². The van der Waals surface area contributed by atoms with Gasteiger partial charge in [0.15, 0.2) is 0 Å². The van der Waals surface area contributed by atoms with Crippen molar-refractivity contribution < 1.29 is 9.53 Å². The number of ether oxygens (including phenoxy) is 1. The van der Waals surface area contributed by atoms with Crippen molar-refractivity contribution in [2.75, 3.05) is 6.54 Å². The molecule has 1 aliphatic heterocycles. The molecule has 1 aromatic heterocycles. The van der Waals surface area contributed by atoms with Crippen molar-refractivity contribution in [3.05, 3.63) is 106 Å². The molecular formula is C29H24ClN3O2S2. The van der Waals surface area contributed by atoms with E-state index in [0.29, 0.717) is 27.4 Å². The molecule has 5 rings (SSSR count). The van der Waals surface area contributed by atoms with E-state index in [-0.39, 0.29) is 5.91 Å². The van der Waals surface area contributed by atoms with Gasteiger partial charge in [0, 0.05) is 34.5 Å². The molecular weight excluding hydrogens is 522 g/mol. The molecule has 1 amide bonds. The lowest BCUT2D eigenvalue weighted by atomic mass is 10.1. The average molecular weight is 546 g/mol. The van der Waals surface area contributed by atoms with E-state index in [1.165, 1.54) is 11.8 Å². The number of benzene rings is 3. The number of carbonyl (C=O) groups is 1. The van der Waals surface area contributed by atoms with E-state index >= 15 is 0 Å². The molecule has 1 fully saturated rings. The fourth-order valence-corrected chi connectivity index (χ4v) is 5.46. The number of para-hydroxylation sites is 1. The van der Waals surface area contributed by atoms with Gasteiger partial charge in [-0.3, -0.25) is 9.69 Å². The summed E-state index contributed by atoms with van der Waals surface area (Å²) in [6.45, 7) is 3.03. The summed E-state index contributed by atoms with van der Waals surface area (Å²) in [5, 5.41) is 5.55. The van der Waals surface area contributed by atoms with Crippen LogP contribution in [0.15, 0.2) is 90.0 Å². The summed E-state index contributed by atoms with van der Waals surface area (Å²) in [5.41, 5.74) is 4.38. The highest BCUT2D eigenvalue weighted by Crippen LogP contribution is 2.35. The van der Waals surface area contributed by atoms with Crippen molar-refractivity contribution in [2.45, 2.75) is 20.0 Å². The fourth-order valence-electron chi connectivity index (χ4n) is 3.97. The summed E-state index contributed by atoms with van der Waals surface area (Å²) < 4.78 is 8.37. The van der Waals surface area contributed by atoms with Gasteiger partial charge in [-0.15, -0.1) is 0 Å². The zero-order chi connectivity index (χ0) is 25.8. The predicted molar refractivity (Wildman–Crippen MR) is 155 cm³/mol. The van der Waals surface area contributed by atoms with Gasteiger partial charge in [-0.1, -0.05) is 78.9 Å². The molecule has 0 unspecified atom stereocenters. The molecule has 186 valence electrons. The number of thioether (sulfide) groups is 1. The topological polar surface area (TPSA) is 47.4 Å². The second-order valence-electron chi connectivity index (χ2n) is 8.45. The van der Waals surface area contributed by atoms with Crippen molar-refractivity contribution >= 4 is 51.9 Å². The van der Waals surface area contributed by atoms with Crippen molar-refractivity contribution in [3.8, 4) is 22.7 Å². The first-order valence-corrected chi connectivity index (χ1v) is 13.5. The average Bonchev–Trinajstić information content (AvgIpc) is 3.46. The first kappa shape index (κ1) is 25.3. The molecule has 1 aliphatic rings. The molecule has 1 saturated heterocycles. The Kier molecular flexibility index (Phi) is 7.74. The Morgan fingerprint density at radius 3 is 2.49 bits per heavy atom. The van der Waals surface area contributed by atoms with Gasteiger partial charge in [0.05, 0.1) is 16.3 Å². The normalized spacial score (nSPS) is 14.5. The molecule has 4 aromatic rings. The largest absolute Gasteiger partial charge is 0.489 e. The number of hydrogen-bond donors (Lipinski definition) is 0. The Morgan fingerprint density at radius 1 is 1.03 bits per heavy atom. The molecule has 0 bridgehead atoms. The monoisotopic (exact) mass is 545 g/mol. The Bertz CT molecular complexity index is 1470. The number of amides is 1. The second kappa shape index (κ2) is 11.3. The molecule has 8 heteroatoms. The van der Waals surface area contributed by atoms with E-state index in [2.05, 4.69) is 0 Å². The van der Waals surface area contributed by atoms with Crippen LogP contribution in [0.4, 0.5) is 0 Å². The van der Waals surface area contributed by atoms with E-state index in [4.69, 9.17) is 33.7 Å². The van der Waals surface area contributed by atoms with Gasteiger partial charge in [-0.2, -0.15) is 5.10 Å². The van der Waals surface area contributed by atoms with Crippen LogP contribution in [0.25, 0.3) is 23.0 Å². The quantitative estimate of drug-likeness (QED) is 0.171. The SMILES string of the molecule is CCCN1C(=O)C(=Cc2cn(-c3ccccc3)nc2-c2ccc(OCc3ccccc3Cl)cc2)SC1=S. The summed E-state index contributed by atoms with van der Waals surface area (Å²) in [4.78, 5) is 15.3. The molecule has 0 atom stereocenters. The third-order valence-electron chi connectivity index (χ3n) is 5.85. The van der Waals surface area contributed by atoms with E-state index in [1.807, 2.05) is 103 Å². The van der Waals surface area contributed by atoms with Crippen LogP contribution in [0.2, 0.25) is 5.02 Å². The number of rotatable bonds is 8. The number of aromatic nitrogens is 2.